The number of nitrogens with one attached hydrogen (secondary N) is 3. The van der Waals surface area contributed by atoms with Crippen LogP contribution in [-0.4, -0.2) is 49.4 Å². The zero-order valence-corrected chi connectivity index (χ0v) is 11.3. The van der Waals surface area contributed by atoms with Crippen molar-refractivity contribution < 1.29 is 8.42 Å². The number of hydrogen-bond acceptors (Lipinski definition) is 5. The highest BCUT2D eigenvalue weighted by Crippen LogP contribution is 2.21. The Balaban J connectivity index is 2.29. The molecule has 0 aliphatic carbocycles. The van der Waals surface area contributed by atoms with Gasteiger partial charge in [0.2, 0.25) is 10.0 Å². The Labute approximate surface area is 109 Å². The second-order valence-electron chi connectivity index (χ2n) is 4.51. The molecule has 9 heteroatoms. The smallest absolute Gasteiger partial charge is 0.319 e. The molecule has 1 saturated heterocycles. The predicted octanol–water partition coefficient (Wildman–Crippen LogP) is -1.71. The highest BCUT2D eigenvalue weighted by molar-refractivity contribution is 7.89. The molecule has 1 fully saturated rings. The fourth-order valence-electron chi connectivity index (χ4n) is 2.20. The fourth-order valence-corrected chi connectivity index (χ4v) is 3.72. The fraction of sp³-hybridized carbons (Fsp3) is 0.600. The SMILES string of the molecule is CNCC1CCN(S(=O)(=O)c2c[nH]c(=O)[nH]c2=O)C1. The number of aromatic amines is 2. The first-order valence-corrected chi connectivity index (χ1v) is 7.36. The number of H-pyrrole nitrogens is 2. The normalized spacial score (nSPS) is 20.8. The molecule has 1 aromatic heterocycles. The zero-order valence-electron chi connectivity index (χ0n) is 10.5. The number of hydrogen-bond donors (Lipinski definition) is 3. The molecule has 0 radical (unpaired) electrons. The maximum atomic E-state index is 12.3. The Hall–Kier alpha value is -1.45. The van der Waals surface area contributed by atoms with Gasteiger partial charge in [-0.15, -0.1) is 0 Å². The van der Waals surface area contributed by atoms with Crippen LogP contribution < -0.4 is 16.6 Å². The Morgan fingerprint density at radius 2 is 2.21 bits per heavy atom. The summed E-state index contributed by atoms with van der Waals surface area (Å²) in [6.07, 6.45) is 1.70. The van der Waals surface area contributed by atoms with Gasteiger partial charge in [0.15, 0.2) is 4.90 Å². The predicted molar refractivity (Wildman–Crippen MR) is 68.5 cm³/mol. The number of aromatic nitrogens is 2. The van der Waals surface area contributed by atoms with Crippen LogP contribution in [0.2, 0.25) is 0 Å². The van der Waals surface area contributed by atoms with E-state index in [2.05, 4.69) is 10.3 Å². The van der Waals surface area contributed by atoms with E-state index in [4.69, 9.17) is 0 Å². The third-order valence-electron chi connectivity index (χ3n) is 3.14. The topological polar surface area (TPSA) is 115 Å². The van der Waals surface area contributed by atoms with Gasteiger partial charge in [-0.2, -0.15) is 4.31 Å². The summed E-state index contributed by atoms with van der Waals surface area (Å²) in [5.74, 6) is 0.238. The number of rotatable bonds is 4. The van der Waals surface area contributed by atoms with Crippen LogP contribution in [0.3, 0.4) is 0 Å². The molecule has 1 atom stereocenters. The molecule has 2 rings (SSSR count). The summed E-state index contributed by atoms with van der Waals surface area (Å²) in [5.41, 5.74) is -1.61. The van der Waals surface area contributed by atoms with Gasteiger partial charge in [0, 0.05) is 19.3 Å². The molecule has 0 saturated carbocycles. The molecule has 1 aromatic rings. The van der Waals surface area contributed by atoms with E-state index in [0.29, 0.717) is 13.1 Å². The molecule has 0 amide bonds. The van der Waals surface area contributed by atoms with Gasteiger partial charge < -0.3 is 10.3 Å². The molecule has 1 aliphatic heterocycles. The van der Waals surface area contributed by atoms with Gasteiger partial charge >= 0.3 is 5.69 Å². The van der Waals surface area contributed by atoms with Gasteiger partial charge in [0.1, 0.15) is 0 Å². The Morgan fingerprint density at radius 3 is 2.84 bits per heavy atom. The van der Waals surface area contributed by atoms with E-state index in [9.17, 15) is 18.0 Å². The molecule has 1 unspecified atom stereocenters. The van der Waals surface area contributed by atoms with Crippen molar-refractivity contribution in [2.24, 2.45) is 5.92 Å². The lowest BCUT2D eigenvalue weighted by molar-refractivity contribution is 0.450. The molecule has 8 nitrogen and oxygen atoms in total. The van der Waals surface area contributed by atoms with Crippen molar-refractivity contribution >= 4 is 10.0 Å². The highest BCUT2D eigenvalue weighted by atomic mass is 32.2. The molecule has 106 valence electrons. The molecular weight excluding hydrogens is 272 g/mol. The lowest BCUT2D eigenvalue weighted by Gasteiger charge is -2.15. The summed E-state index contributed by atoms with van der Waals surface area (Å²) in [4.78, 5) is 26.1. The zero-order chi connectivity index (χ0) is 14.0. The van der Waals surface area contributed by atoms with E-state index in [1.165, 1.54) is 4.31 Å². The van der Waals surface area contributed by atoms with E-state index in [1.807, 2.05) is 12.0 Å². The standard InChI is InChI=1S/C10H16N4O4S/c1-11-4-7-2-3-14(6-7)19(17,18)8-5-12-10(16)13-9(8)15/h5,7,11H,2-4,6H2,1H3,(H2,12,13,15,16). The molecule has 0 aromatic carbocycles. The summed E-state index contributed by atoms with van der Waals surface area (Å²) < 4.78 is 25.8. The maximum Gasteiger partial charge on any atom is 0.325 e. The van der Waals surface area contributed by atoms with Gasteiger partial charge in [-0.05, 0) is 25.9 Å². The van der Waals surface area contributed by atoms with Crippen molar-refractivity contribution in [1.82, 2.24) is 19.6 Å². The summed E-state index contributed by atoms with van der Waals surface area (Å²) in [7, 11) is -2.04. The highest BCUT2D eigenvalue weighted by Gasteiger charge is 2.33. The lowest BCUT2D eigenvalue weighted by atomic mass is 10.1. The molecular formula is C10H16N4O4S. The first kappa shape index (κ1) is 14.0. The molecule has 3 N–H and O–H groups in total. The Kier molecular flexibility index (Phi) is 3.88. The van der Waals surface area contributed by atoms with Gasteiger partial charge in [0.25, 0.3) is 5.56 Å². The van der Waals surface area contributed by atoms with Gasteiger partial charge in [-0.1, -0.05) is 0 Å². The van der Waals surface area contributed by atoms with Crippen molar-refractivity contribution in [2.45, 2.75) is 11.3 Å². The van der Waals surface area contributed by atoms with Gasteiger partial charge in [0.05, 0.1) is 0 Å². The number of sulfonamides is 1. The maximum absolute atomic E-state index is 12.3. The van der Waals surface area contributed by atoms with Gasteiger partial charge in [-0.25, -0.2) is 13.2 Å². The van der Waals surface area contributed by atoms with Crippen molar-refractivity contribution in [3.63, 3.8) is 0 Å². The first-order valence-electron chi connectivity index (χ1n) is 5.92. The quantitative estimate of drug-likeness (QED) is 0.610. The first-order chi connectivity index (χ1) is 8.95. The third kappa shape index (κ3) is 2.77. The van der Waals surface area contributed by atoms with Crippen LogP contribution in [0, 0.1) is 5.92 Å². The van der Waals surface area contributed by atoms with Crippen molar-refractivity contribution in [2.75, 3.05) is 26.7 Å². The van der Waals surface area contributed by atoms with E-state index >= 15 is 0 Å². The van der Waals surface area contributed by atoms with Crippen LogP contribution in [0.5, 0.6) is 0 Å². The minimum atomic E-state index is -3.85. The van der Waals surface area contributed by atoms with E-state index in [1.54, 1.807) is 0 Å². The van der Waals surface area contributed by atoms with E-state index in [0.717, 1.165) is 19.2 Å². The van der Waals surface area contributed by atoms with Crippen molar-refractivity contribution in [3.8, 4) is 0 Å². The second-order valence-corrected chi connectivity index (χ2v) is 6.42. The van der Waals surface area contributed by atoms with Crippen LogP contribution >= 0.6 is 0 Å². The summed E-state index contributed by atoms with van der Waals surface area (Å²) in [5, 5.41) is 3.00. The van der Waals surface area contributed by atoms with E-state index < -0.39 is 26.2 Å². The van der Waals surface area contributed by atoms with Crippen molar-refractivity contribution in [1.29, 1.82) is 0 Å². The largest absolute Gasteiger partial charge is 0.325 e. The van der Waals surface area contributed by atoms with E-state index in [-0.39, 0.29) is 5.92 Å². The average molecular weight is 288 g/mol. The van der Waals surface area contributed by atoms with Crippen LogP contribution in [0.1, 0.15) is 6.42 Å². The molecule has 19 heavy (non-hydrogen) atoms. The summed E-state index contributed by atoms with van der Waals surface area (Å²) >= 11 is 0. The van der Waals surface area contributed by atoms with Crippen LogP contribution in [0.25, 0.3) is 0 Å². The minimum absolute atomic E-state index is 0.238. The lowest BCUT2D eigenvalue weighted by Crippen LogP contribution is -2.36. The molecule has 0 spiro atoms. The monoisotopic (exact) mass is 288 g/mol. The van der Waals surface area contributed by atoms with Crippen molar-refractivity contribution in [3.05, 3.63) is 27.0 Å². The number of nitrogens with zero attached hydrogens (tertiary/aromatic N) is 1. The summed E-state index contributed by atoms with van der Waals surface area (Å²) in [6.45, 7) is 1.49. The minimum Gasteiger partial charge on any atom is -0.319 e. The molecule has 2 heterocycles. The van der Waals surface area contributed by atoms with Crippen LogP contribution in [-0.2, 0) is 10.0 Å². The molecule has 1 aliphatic rings. The average Bonchev–Trinajstić information content (AvgIpc) is 2.78. The Morgan fingerprint density at radius 1 is 1.47 bits per heavy atom. The second kappa shape index (κ2) is 5.27. The van der Waals surface area contributed by atoms with Crippen LogP contribution in [0.4, 0.5) is 0 Å². The summed E-state index contributed by atoms with van der Waals surface area (Å²) in [6, 6.07) is 0. The third-order valence-corrected chi connectivity index (χ3v) is 5.01. The van der Waals surface area contributed by atoms with Crippen LogP contribution in [0.15, 0.2) is 20.7 Å². The Bertz CT molecular complexity index is 663. The molecule has 0 bridgehead atoms. The van der Waals surface area contributed by atoms with Gasteiger partial charge in [-0.3, -0.25) is 9.78 Å².